The molecule has 1 amide bonds. The minimum absolute atomic E-state index is 0.0620. The van der Waals surface area contributed by atoms with Crippen molar-refractivity contribution in [2.24, 2.45) is 5.10 Å². The van der Waals surface area contributed by atoms with E-state index in [-0.39, 0.29) is 12.5 Å². The molecule has 2 rings (SSSR count). The normalized spacial score (nSPS) is 10.7. The molecule has 0 radical (unpaired) electrons. The zero-order chi connectivity index (χ0) is 14.2. The summed E-state index contributed by atoms with van der Waals surface area (Å²) in [4.78, 5) is 14.5. The number of H-pyrrole nitrogens is 1. The number of hydrazone groups is 1. The molecule has 0 saturated heterocycles. The monoisotopic (exact) mass is 271 g/mol. The van der Waals surface area contributed by atoms with Crippen LogP contribution in [0.2, 0.25) is 0 Å². The molecular weight excluding hydrogens is 254 g/mol. The number of aromatic amines is 1. The van der Waals surface area contributed by atoms with E-state index in [1.54, 1.807) is 6.20 Å². The highest BCUT2D eigenvalue weighted by Crippen LogP contribution is 2.12. The molecule has 2 aromatic rings. The first kappa shape index (κ1) is 13.9. The van der Waals surface area contributed by atoms with Crippen LogP contribution < -0.4 is 10.2 Å². The quantitative estimate of drug-likeness (QED) is 0.624. The maximum atomic E-state index is 11.5. The predicted molar refractivity (Wildman–Crippen MR) is 77.8 cm³/mol. The lowest BCUT2D eigenvalue weighted by molar-refractivity contribution is -0.123. The number of carbonyl (C=O) groups is 1. The van der Waals surface area contributed by atoms with Gasteiger partial charge in [-0.05, 0) is 36.2 Å². The fourth-order valence-electron chi connectivity index (χ4n) is 1.60. The summed E-state index contributed by atoms with van der Waals surface area (Å²) in [6.45, 7) is 2.03. The number of nitrogens with one attached hydrogen (secondary N) is 2. The minimum Gasteiger partial charge on any atom is -0.484 e. The lowest BCUT2D eigenvalue weighted by Crippen LogP contribution is -2.24. The van der Waals surface area contributed by atoms with Crippen molar-refractivity contribution < 1.29 is 9.53 Å². The highest BCUT2D eigenvalue weighted by atomic mass is 16.5. The van der Waals surface area contributed by atoms with E-state index in [4.69, 9.17) is 4.74 Å². The highest BCUT2D eigenvalue weighted by molar-refractivity contribution is 5.81. The largest absolute Gasteiger partial charge is 0.484 e. The Balaban J connectivity index is 1.74. The minimum atomic E-state index is -0.299. The Hall–Kier alpha value is -2.56. The van der Waals surface area contributed by atoms with E-state index in [1.807, 2.05) is 36.4 Å². The molecule has 0 unspecified atom stereocenters. The zero-order valence-electron chi connectivity index (χ0n) is 11.3. The molecule has 0 fully saturated rings. The molecule has 1 heterocycles. The molecule has 0 saturated carbocycles. The van der Waals surface area contributed by atoms with Gasteiger partial charge in [-0.3, -0.25) is 4.79 Å². The Morgan fingerprint density at radius 3 is 2.80 bits per heavy atom. The van der Waals surface area contributed by atoms with Crippen LogP contribution in [0.3, 0.4) is 0 Å². The van der Waals surface area contributed by atoms with Crippen molar-refractivity contribution in [3.8, 4) is 5.75 Å². The average Bonchev–Trinajstić information content (AvgIpc) is 2.99. The highest BCUT2D eigenvalue weighted by Gasteiger charge is 2.01. The van der Waals surface area contributed by atoms with E-state index in [9.17, 15) is 4.79 Å². The van der Waals surface area contributed by atoms with Crippen molar-refractivity contribution in [3.05, 3.63) is 53.9 Å². The van der Waals surface area contributed by atoms with Gasteiger partial charge in [0.25, 0.3) is 5.91 Å². The Bertz CT molecular complexity index is 559. The van der Waals surface area contributed by atoms with Crippen molar-refractivity contribution in [2.75, 3.05) is 6.61 Å². The number of amides is 1. The van der Waals surface area contributed by atoms with E-state index in [1.165, 1.54) is 11.8 Å². The lowest BCUT2D eigenvalue weighted by atomic mass is 10.2. The van der Waals surface area contributed by atoms with Crippen LogP contribution >= 0.6 is 0 Å². The molecule has 20 heavy (non-hydrogen) atoms. The summed E-state index contributed by atoms with van der Waals surface area (Å²) in [7, 11) is 0. The van der Waals surface area contributed by atoms with Gasteiger partial charge in [-0.25, -0.2) is 5.43 Å². The summed E-state index contributed by atoms with van der Waals surface area (Å²) in [5, 5.41) is 3.82. The number of rotatable bonds is 6. The van der Waals surface area contributed by atoms with E-state index >= 15 is 0 Å². The second-order valence-electron chi connectivity index (χ2n) is 4.20. The number of nitrogens with zero attached hydrogens (tertiary/aromatic N) is 1. The summed E-state index contributed by atoms with van der Waals surface area (Å²) < 4.78 is 5.36. The Morgan fingerprint density at radius 1 is 1.35 bits per heavy atom. The molecule has 5 nitrogen and oxygen atoms in total. The fourth-order valence-corrected chi connectivity index (χ4v) is 1.60. The number of aromatic nitrogens is 1. The van der Waals surface area contributed by atoms with Crippen LogP contribution in [0, 0.1) is 0 Å². The van der Waals surface area contributed by atoms with E-state index < -0.39 is 0 Å². The second-order valence-corrected chi connectivity index (χ2v) is 4.20. The van der Waals surface area contributed by atoms with Crippen LogP contribution in [0.4, 0.5) is 0 Å². The Kier molecular flexibility index (Phi) is 4.94. The molecule has 1 aromatic carbocycles. The summed E-state index contributed by atoms with van der Waals surface area (Å²) in [6.07, 6.45) is 4.30. The average molecular weight is 271 g/mol. The molecular formula is C15H17N3O2. The fraction of sp³-hybridized carbons (Fsp3) is 0.200. The Labute approximate surface area is 117 Å². The van der Waals surface area contributed by atoms with Crippen molar-refractivity contribution in [1.82, 2.24) is 10.4 Å². The number of carbonyl (C=O) groups excluding carboxylic acids is 1. The molecule has 5 heteroatoms. The zero-order valence-corrected chi connectivity index (χ0v) is 11.3. The first-order chi connectivity index (χ1) is 9.78. The topological polar surface area (TPSA) is 66.5 Å². The first-order valence-corrected chi connectivity index (χ1v) is 6.45. The molecule has 0 aliphatic carbocycles. The number of hydrogen-bond acceptors (Lipinski definition) is 3. The summed E-state index contributed by atoms with van der Waals surface area (Å²) in [6, 6.07) is 11.4. The molecule has 104 valence electrons. The third kappa shape index (κ3) is 4.28. The Morgan fingerprint density at radius 2 is 2.15 bits per heavy atom. The molecule has 0 spiro atoms. The third-order valence-corrected chi connectivity index (χ3v) is 2.72. The van der Waals surface area contributed by atoms with Crippen LogP contribution in [-0.4, -0.2) is 23.7 Å². The summed E-state index contributed by atoms with van der Waals surface area (Å²) in [5.41, 5.74) is 4.45. The first-order valence-electron chi connectivity index (χ1n) is 6.45. The molecule has 0 bridgehead atoms. The number of hydrogen-bond donors (Lipinski definition) is 2. The molecule has 1 aromatic heterocycles. The van der Waals surface area contributed by atoms with Gasteiger partial charge in [0.05, 0.1) is 11.9 Å². The van der Waals surface area contributed by atoms with Gasteiger partial charge in [0.1, 0.15) is 5.75 Å². The van der Waals surface area contributed by atoms with Gasteiger partial charge >= 0.3 is 0 Å². The van der Waals surface area contributed by atoms with Crippen molar-refractivity contribution in [1.29, 1.82) is 0 Å². The van der Waals surface area contributed by atoms with Crippen LogP contribution in [0.25, 0.3) is 0 Å². The third-order valence-electron chi connectivity index (χ3n) is 2.72. The van der Waals surface area contributed by atoms with E-state index in [0.29, 0.717) is 5.75 Å². The predicted octanol–water partition coefficient (Wildman–Crippen LogP) is 2.11. The number of aryl methyl sites for hydroxylation is 1. The van der Waals surface area contributed by atoms with Crippen molar-refractivity contribution in [2.45, 2.75) is 13.3 Å². The van der Waals surface area contributed by atoms with Gasteiger partial charge in [-0.15, -0.1) is 0 Å². The smallest absolute Gasteiger partial charge is 0.277 e. The van der Waals surface area contributed by atoms with Gasteiger partial charge in [-0.2, -0.15) is 5.10 Å². The standard InChI is InChI=1S/C15H17N3O2/c1-2-12-5-7-14(8-6-12)20-11-15(19)18-17-10-13-4-3-9-16-13/h3-10,16H,2,11H2,1H3,(H,18,19). The van der Waals surface area contributed by atoms with E-state index in [2.05, 4.69) is 22.4 Å². The van der Waals surface area contributed by atoms with Gasteiger partial charge in [0, 0.05) is 6.20 Å². The number of ether oxygens (including phenoxy) is 1. The molecule has 0 aliphatic rings. The summed E-state index contributed by atoms with van der Waals surface area (Å²) >= 11 is 0. The summed E-state index contributed by atoms with van der Waals surface area (Å²) in [5.74, 6) is 0.373. The maximum Gasteiger partial charge on any atom is 0.277 e. The SMILES string of the molecule is CCc1ccc(OCC(=O)NN=Cc2ccc[nH]2)cc1. The molecule has 0 aliphatic heterocycles. The molecule has 0 atom stereocenters. The van der Waals surface area contributed by atoms with Crippen LogP contribution in [0.1, 0.15) is 18.2 Å². The molecule has 2 N–H and O–H groups in total. The van der Waals surface area contributed by atoms with Crippen LogP contribution in [-0.2, 0) is 11.2 Å². The maximum absolute atomic E-state index is 11.5. The van der Waals surface area contributed by atoms with Crippen molar-refractivity contribution in [3.63, 3.8) is 0 Å². The van der Waals surface area contributed by atoms with Gasteiger partial charge < -0.3 is 9.72 Å². The van der Waals surface area contributed by atoms with Crippen LogP contribution in [0.5, 0.6) is 5.75 Å². The second kappa shape index (κ2) is 7.13. The lowest BCUT2D eigenvalue weighted by Gasteiger charge is -2.05. The van der Waals surface area contributed by atoms with E-state index in [0.717, 1.165) is 12.1 Å². The van der Waals surface area contributed by atoms with Crippen LogP contribution in [0.15, 0.2) is 47.7 Å². The van der Waals surface area contributed by atoms with Gasteiger partial charge in [0.15, 0.2) is 6.61 Å². The number of benzene rings is 1. The van der Waals surface area contributed by atoms with Gasteiger partial charge in [0.2, 0.25) is 0 Å². The van der Waals surface area contributed by atoms with Crippen molar-refractivity contribution >= 4 is 12.1 Å². The van der Waals surface area contributed by atoms with Gasteiger partial charge in [-0.1, -0.05) is 19.1 Å².